The van der Waals surface area contributed by atoms with Gasteiger partial charge in [-0.15, -0.1) is 0 Å². The van der Waals surface area contributed by atoms with E-state index >= 15 is 0 Å². The first-order valence-corrected chi connectivity index (χ1v) is 6.82. The van der Waals surface area contributed by atoms with E-state index in [1.165, 1.54) is 5.69 Å². The summed E-state index contributed by atoms with van der Waals surface area (Å²) in [4.78, 5) is 11.7. The molecule has 0 aromatic carbocycles. The lowest BCUT2D eigenvalue weighted by Gasteiger charge is -2.11. The lowest BCUT2D eigenvalue weighted by Crippen LogP contribution is -2.21. The summed E-state index contributed by atoms with van der Waals surface area (Å²) in [5.41, 5.74) is 2.15. The number of ether oxygens (including phenoxy) is 1. The van der Waals surface area contributed by atoms with Crippen LogP contribution in [-0.2, 0) is 24.4 Å². The van der Waals surface area contributed by atoms with Crippen LogP contribution in [0, 0.1) is 0 Å². The first-order chi connectivity index (χ1) is 9.74. The molecule has 2 aromatic rings. The molecule has 0 saturated heterocycles. The number of aryl methyl sites for hydroxylation is 1. The van der Waals surface area contributed by atoms with Crippen LogP contribution in [0.2, 0.25) is 0 Å². The zero-order valence-corrected chi connectivity index (χ0v) is 12.0. The van der Waals surface area contributed by atoms with Crippen molar-refractivity contribution in [3.8, 4) is 0 Å². The molecule has 0 aliphatic rings. The van der Waals surface area contributed by atoms with Crippen molar-refractivity contribution < 1.29 is 4.74 Å². The van der Waals surface area contributed by atoms with Gasteiger partial charge < -0.3 is 19.2 Å². The van der Waals surface area contributed by atoms with Gasteiger partial charge in [0.1, 0.15) is 0 Å². The summed E-state index contributed by atoms with van der Waals surface area (Å²) in [6.07, 6.45) is 3.90. The normalized spacial score (nSPS) is 10.7. The summed E-state index contributed by atoms with van der Waals surface area (Å²) >= 11 is 0. The molecular weight excluding hydrogens is 254 g/mol. The van der Waals surface area contributed by atoms with Gasteiger partial charge in [-0.1, -0.05) is 0 Å². The quantitative estimate of drug-likeness (QED) is 0.840. The fourth-order valence-corrected chi connectivity index (χ4v) is 2.11. The number of methoxy groups -OCH3 is 1. The average molecular weight is 275 g/mol. The summed E-state index contributed by atoms with van der Waals surface area (Å²) in [5, 5.41) is 3.34. The van der Waals surface area contributed by atoms with Gasteiger partial charge in [0.2, 0.25) is 0 Å². The van der Waals surface area contributed by atoms with Gasteiger partial charge >= 0.3 is 0 Å². The number of hydrogen-bond acceptors (Lipinski definition) is 3. The minimum Gasteiger partial charge on any atom is -0.383 e. The second-order valence-corrected chi connectivity index (χ2v) is 4.58. The Hall–Kier alpha value is -2.01. The van der Waals surface area contributed by atoms with Crippen molar-refractivity contribution in [2.75, 3.05) is 19.0 Å². The van der Waals surface area contributed by atoms with E-state index in [1.807, 2.05) is 18.3 Å². The number of anilines is 1. The van der Waals surface area contributed by atoms with Crippen molar-refractivity contribution in [1.82, 2.24) is 9.13 Å². The highest BCUT2D eigenvalue weighted by atomic mass is 16.5. The lowest BCUT2D eigenvalue weighted by atomic mass is 10.3. The maximum Gasteiger partial charge on any atom is 0.250 e. The fraction of sp³-hybridized carbons (Fsp3) is 0.400. The van der Waals surface area contributed by atoms with Crippen LogP contribution >= 0.6 is 0 Å². The minimum absolute atomic E-state index is 0.00969. The van der Waals surface area contributed by atoms with Gasteiger partial charge in [-0.25, -0.2) is 0 Å². The summed E-state index contributed by atoms with van der Waals surface area (Å²) in [6.45, 7) is 4.91. The number of hydrogen-bond donors (Lipinski definition) is 1. The van der Waals surface area contributed by atoms with Crippen molar-refractivity contribution in [3.63, 3.8) is 0 Å². The van der Waals surface area contributed by atoms with Gasteiger partial charge in [0.15, 0.2) is 0 Å². The summed E-state index contributed by atoms with van der Waals surface area (Å²) in [6, 6.07) is 7.53. The van der Waals surface area contributed by atoms with Crippen LogP contribution < -0.4 is 10.9 Å². The maximum atomic E-state index is 11.7. The highest BCUT2D eigenvalue weighted by Crippen LogP contribution is 2.08. The molecule has 0 atom stereocenters. The number of nitrogens with one attached hydrogen (secondary N) is 1. The van der Waals surface area contributed by atoms with Crippen molar-refractivity contribution >= 4 is 5.69 Å². The van der Waals surface area contributed by atoms with Crippen LogP contribution in [0.1, 0.15) is 12.6 Å². The molecule has 0 aliphatic heterocycles. The minimum atomic E-state index is -0.00969. The van der Waals surface area contributed by atoms with Gasteiger partial charge in [-0.05, 0) is 25.1 Å². The first kappa shape index (κ1) is 14.4. The lowest BCUT2D eigenvalue weighted by molar-refractivity contribution is 0.186. The molecule has 0 saturated carbocycles. The van der Waals surface area contributed by atoms with E-state index in [0.717, 1.165) is 18.8 Å². The molecule has 2 aromatic heterocycles. The van der Waals surface area contributed by atoms with Crippen molar-refractivity contribution in [2.24, 2.45) is 0 Å². The summed E-state index contributed by atoms with van der Waals surface area (Å²) < 4.78 is 8.85. The largest absolute Gasteiger partial charge is 0.383 e. The molecule has 0 fully saturated rings. The molecule has 2 heterocycles. The van der Waals surface area contributed by atoms with Crippen LogP contribution in [-0.4, -0.2) is 22.9 Å². The number of pyridine rings is 1. The Labute approximate surface area is 118 Å². The monoisotopic (exact) mass is 275 g/mol. The van der Waals surface area contributed by atoms with E-state index in [2.05, 4.69) is 29.1 Å². The third-order valence-electron chi connectivity index (χ3n) is 3.26. The molecule has 5 nitrogen and oxygen atoms in total. The van der Waals surface area contributed by atoms with E-state index in [-0.39, 0.29) is 5.56 Å². The standard InChI is InChI=1S/C15H21N3O2/c1-3-17-8-4-5-14(17)11-16-13-6-7-15(19)18(12-13)9-10-20-2/h4-8,12,16H,3,9-11H2,1-2H3. The molecule has 108 valence electrons. The Morgan fingerprint density at radius 1 is 1.25 bits per heavy atom. The molecule has 0 amide bonds. The van der Waals surface area contributed by atoms with E-state index in [0.29, 0.717) is 13.2 Å². The maximum absolute atomic E-state index is 11.7. The first-order valence-electron chi connectivity index (χ1n) is 6.82. The average Bonchev–Trinajstić information content (AvgIpc) is 2.92. The number of rotatable bonds is 7. The van der Waals surface area contributed by atoms with Gasteiger partial charge in [0.05, 0.1) is 18.8 Å². The second-order valence-electron chi connectivity index (χ2n) is 4.58. The summed E-state index contributed by atoms with van der Waals surface area (Å²) in [5.74, 6) is 0. The Morgan fingerprint density at radius 2 is 2.10 bits per heavy atom. The van der Waals surface area contributed by atoms with E-state index in [1.54, 1.807) is 17.7 Å². The molecule has 2 rings (SSSR count). The Kier molecular flexibility index (Phi) is 5.01. The van der Waals surface area contributed by atoms with Gasteiger partial charge in [-0.3, -0.25) is 4.79 Å². The number of aromatic nitrogens is 2. The second kappa shape index (κ2) is 6.96. The van der Waals surface area contributed by atoms with Crippen LogP contribution in [0.4, 0.5) is 5.69 Å². The Bertz CT molecular complexity index is 601. The molecular formula is C15H21N3O2. The predicted molar refractivity (Wildman–Crippen MR) is 80.0 cm³/mol. The molecule has 0 aliphatic carbocycles. The van der Waals surface area contributed by atoms with Crippen LogP contribution in [0.5, 0.6) is 0 Å². The molecule has 0 unspecified atom stereocenters. The molecule has 5 heteroatoms. The third-order valence-corrected chi connectivity index (χ3v) is 3.26. The highest BCUT2D eigenvalue weighted by molar-refractivity contribution is 5.40. The van der Waals surface area contributed by atoms with E-state index in [4.69, 9.17) is 4.74 Å². The summed E-state index contributed by atoms with van der Waals surface area (Å²) in [7, 11) is 1.63. The smallest absolute Gasteiger partial charge is 0.250 e. The highest BCUT2D eigenvalue weighted by Gasteiger charge is 2.01. The van der Waals surface area contributed by atoms with E-state index < -0.39 is 0 Å². The Morgan fingerprint density at radius 3 is 2.85 bits per heavy atom. The van der Waals surface area contributed by atoms with Gasteiger partial charge in [0.25, 0.3) is 5.56 Å². The molecule has 0 radical (unpaired) electrons. The third kappa shape index (κ3) is 3.51. The van der Waals surface area contributed by atoms with Gasteiger partial charge in [-0.2, -0.15) is 0 Å². The molecule has 1 N–H and O–H groups in total. The van der Waals surface area contributed by atoms with Crippen LogP contribution in [0.3, 0.4) is 0 Å². The molecule has 0 spiro atoms. The van der Waals surface area contributed by atoms with Crippen LogP contribution in [0.15, 0.2) is 41.5 Å². The fourth-order valence-electron chi connectivity index (χ4n) is 2.11. The zero-order chi connectivity index (χ0) is 14.4. The molecule has 20 heavy (non-hydrogen) atoms. The number of nitrogens with zero attached hydrogens (tertiary/aromatic N) is 2. The van der Waals surface area contributed by atoms with Crippen molar-refractivity contribution in [3.05, 3.63) is 52.7 Å². The van der Waals surface area contributed by atoms with Crippen LogP contribution in [0.25, 0.3) is 0 Å². The molecule has 0 bridgehead atoms. The SMILES string of the molecule is CCn1cccc1CNc1ccc(=O)n(CCOC)c1. The van der Waals surface area contributed by atoms with E-state index in [9.17, 15) is 4.79 Å². The topological polar surface area (TPSA) is 48.2 Å². The Balaban J connectivity index is 2.04. The van der Waals surface area contributed by atoms with Crippen molar-refractivity contribution in [1.29, 1.82) is 0 Å². The predicted octanol–water partition coefficient (Wildman–Crippen LogP) is 1.93. The zero-order valence-electron chi connectivity index (χ0n) is 12.0. The van der Waals surface area contributed by atoms with Crippen molar-refractivity contribution in [2.45, 2.75) is 26.6 Å². The van der Waals surface area contributed by atoms with Gasteiger partial charge in [0, 0.05) is 44.4 Å².